The summed E-state index contributed by atoms with van der Waals surface area (Å²) < 4.78 is 5.59. The molecule has 0 bridgehead atoms. The van der Waals surface area contributed by atoms with Crippen LogP contribution in [0.2, 0.25) is 10.0 Å². The fraction of sp³-hybridized carbons (Fsp3) is 0.333. The van der Waals surface area contributed by atoms with Crippen molar-refractivity contribution in [2.24, 2.45) is 0 Å². The SMILES string of the molecule is CC(Nc1nc2ccccc2o1)C(=O)NCCCN(C)Cc1cccc(Cl)c1Cl. The molecule has 3 aromatic rings. The van der Waals surface area contributed by atoms with Crippen molar-refractivity contribution in [2.45, 2.75) is 25.9 Å². The van der Waals surface area contributed by atoms with Gasteiger partial charge in [0.25, 0.3) is 6.01 Å². The third-order valence-corrected chi connectivity index (χ3v) is 5.37. The van der Waals surface area contributed by atoms with E-state index in [1.165, 1.54) is 0 Å². The normalized spacial score (nSPS) is 12.3. The standard InChI is InChI=1S/C21H24Cl2N4O2/c1-14(25-21-26-17-9-3-4-10-18(17)29-21)20(28)24-11-6-12-27(2)13-15-7-5-8-16(22)19(15)23/h3-5,7-10,14H,6,11-13H2,1-2H3,(H,24,28)(H,25,26). The smallest absolute Gasteiger partial charge is 0.296 e. The molecule has 2 N–H and O–H groups in total. The molecule has 1 unspecified atom stereocenters. The number of nitrogens with one attached hydrogen (secondary N) is 2. The zero-order valence-electron chi connectivity index (χ0n) is 16.4. The summed E-state index contributed by atoms with van der Waals surface area (Å²) in [7, 11) is 2.01. The van der Waals surface area contributed by atoms with Gasteiger partial charge in [-0.3, -0.25) is 4.79 Å². The van der Waals surface area contributed by atoms with Gasteiger partial charge in [-0.1, -0.05) is 47.5 Å². The first kappa shape index (κ1) is 21.4. The minimum Gasteiger partial charge on any atom is -0.424 e. The molecule has 1 aromatic heterocycles. The lowest BCUT2D eigenvalue weighted by Gasteiger charge is -2.18. The second-order valence-electron chi connectivity index (χ2n) is 6.95. The summed E-state index contributed by atoms with van der Waals surface area (Å²) in [6, 6.07) is 13.0. The molecule has 1 amide bonds. The van der Waals surface area contributed by atoms with E-state index < -0.39 is 6.04 Å². The highest BCUT2D eigenvalue weighted by atomic mass is 35.5. The maximum absolute atomic E-state index is 12.3. The van der Waals surface area contributed by atoms with Gasteiger partial charge in [0.1, 0.15) is 11.6 Å². The highest BCUT2D eigenvalue weighted by molar-refractivity contribution is 6.42. The number of oxazole rings is 1. The Morgan fingerprint density at radius 1 is 1.21 bits per heavy atom. The monoisotopic (exact) mass is 434 g/mol. The number of halogens is 2. The average Bonchev–Trinajstić information content (AvgIpc) is 3.11. The lowest BCUT2D eigenvalue weighted by atomic mass is 10.2. The van der Waals surface area contributed by atoms with Gasteiger partial charge in [-0.25, -0.2) is 0 Å². The number of carbonyl (C=O) groups is 1. The summed E-state index contributed by atoms with van der Waals surface area (Å²) in [6.45, 7) is 3.86. The van der Waals surface area contributed by atoms with Gasteiger partial charge in [-0.05, 0) is 50.7 Å². The van der Waals surface area contributed by atoms with Crippen LogP contribution in [0.3, 0.4) is 0 Å². The van der Waals surface area contributed by atoms with Crippen molar-refractivity contribution in [2.75, 3.05) is 25.5 Å². The number of hydrogen-bond donors (Lipinski definition) is 2. The average molecular weight is 435 g/mol. The summed E-state index contributed by atoms with van der Waals surface area (Å²) in [5.41, 5.74) is 2.43. The van der Waals surface area contributed by atoms with Crippen molar-refractivity contribution < 1.29 is 9.21 Å². The van der Waals surface area contributed by atoms with Crippen molar-refractivity contribution in [1.82, 2.24) is 15.2 Å². The second-order valence-corrected chi connectivity index (χ2v) is 7.73. The molecule has 29 heavy (non-hydrogen) atoms. The highest BCUT2D eigenvalue weighted by Gasteiger charge is 2.15. The molecular formula is C21H24Cl2N4O2. The Balaban J connectivity index is 1.39. The second kappa shape index (κ2) is 9.96. The van der Waals surface area contributed by atoms with Crippen LogP contribution in [0.4, 0.5) is 6.01 Å². The maximum Gasteiger partial charge on any atom is 0.296 e. The summed E-state index contributed by atoms with van der Waals surface area (Å²) in [5, 5.41) is 7.08. The van der Waals surface area contributed by atoms with Gasteiger partial charge in [-0.2, -0.15) is 4.98 Å². The molecule has 0 spiro atoms. The van der Waals surface area contributed by atoms with E-state index in [2.05, 4.69) is 20.5 Å². The van der Waals surface area contributed by atoms with E-state index in [9.17, 15) is 4.79 Å². The van der Waals surface area contributed by atoms with Crippen LogP contribution in [0.1, 0.15) is 18.9 Å². The lowest BCUT2D eigenvalue weighted by Crippen LogP contribution is -2.38. The van der Waals surface area contributed by atoms with E-state index in [0.717, 1.165) is 24.0 Å². The number of fused-ring (bicyclic) bond motifs is 1. The number of benzene rings is 2. The van der Waals surface area contributed by atoms with Crippen molar-refractivity contribution in [1.29, 1.82) is 0 Å². The number of para-hydroxylation sites is 2. The fourth-order valence-electron chi connectivity index (χ4n) is 2.94. The topological polar surface area (TPSA) is 70.4 Å². The Hall–Kier alpha value is -2.28. The van der Waals surface area contributed by atoms with E-state index >= 15 is 0 Å². The van der Waals surface area contributed by atoms with Crippen LogP contribution >= 0.6 is 23.2 Å². The Labute approximate surface area is 180 Å². The van der Waals surface area contributed by atoms with Crippen LogP contribution < -0.4 is 10.6 Å². The van der Waals surface area contributed by atoms with E-state index in [1.807, 2.05) is 43.4 Å². The van der Waals surface area contributed by atoms with Crippen molar-refractivity contribution in [3.8, 4) is 0 Å². The number of amides is 1. The zero-order chi connectivity index (χ0) is 20.8. The maximum atomic E-state index is 12.3. The van der Waals surface area contributed by atoms with Crippen molar-refractivity contribution >= 4 is 46.2 Å². The number of aromatic nitrogens is 1. The third kappa shape index (κ3) is 5.85. The molecular weight excluding hydrogens is 411 g/mol. The molecule has 0 aliphatic carbocycles. The van der Waals surface area contributed by atoms with Gasteiger partial charge < -0.3 is 20.0 Å². The molecule has 0 aliphatic rings. The molecule has 0 fully saturated rings. The Bertz CT molecular complexity index is 943. The number of rotatable bonds is 9. The summed E-state index contributed by atoms with van der Waals surface area (Å²) in [4.78, 5) is 18.8. The van der Waals surface area contributed by atoms with Crippen LogP contribution in [0.25, 0.3) is 11.1 Å². The van der Waals surface area contributed by atoms with Crippen molar-refractivity contribution in [3.63, 3.8) is 0 Å². The first-order valence-electron chi connectivity index (χ1n) is 9.45. The molecule has 2 aromatic carbocycles. The predicted molar refractivity (Wildman–Crippen MR) is 118 cm³/mol. The molecule has 0 saturated heterocycles. The van der Waals surface area contributed by atoms with Gasteiger partial charge in [0.15, 0.2) is 5.58 Å². The minimum atomic E-state index is -0.453. The Morgan fingerprint density at radius 3 is 2.79 bits per heavy atom. The predicted octanol–water partition coefficient (Wildman–Crippen LogP) is 4.57. The Morgan fingerprint density at radius 2 is 2.00 bits per heavy atom. The number of carbonyl (C=O) groups excluding carboxylic acids is 1. The molecule has 0 saturated carbocycles. The third-order valence-electron chi connectivity index (χ3n) is 4.51. The van der Waals surface area contributed by atoms with Crippen LogP contribution in [-0.2, 0) is 11.3 Å². The van der Waals surface area contributed by atoms with Gasteiger partial charge in [0.2, 0.25) is 5.91 Å². The summed E-state index contributed by atoms with van der Waals surface area (Å²) in [6.07, 6.45) is 0.816. The van der Waals surface area contributed by atoms with E-state index in [4.69, 9.17) is 27.6 Å². The number of anilines is 1. The van der Waals surface area contributed by atoms with Crippen LogP contribution in [0.5, 0.6) is 0 Å². The van der Waals surface area contributed by atoms with Gasteiger partial charge in [0, 0.05) is 13.1 Å². The lowest BCUT2D eigenvalue weighted by molar-refractivity contribution is -0.121. The Kier molecular flexibility index (Phi) is 7.36. The summed E-state index contributed by atoms with van der Waals surface area (Å²) in [5.74, 6) is -0.104. The molecule has 3 rings (SSSR count). The van der Waals surface area contributed by atoms with E-state index in [0.29, 0.717) is 34.7 Å². The first-order chi connectivity index (χ1) is 13.9. The van der Waals surface area contributed by atoms with Crippen molar-refractivity contribution in [3.05, 3.63) is 58.1 Å². The number of hydrogen-bond acceptors (Lipinski definition) is 5. The van der Waals surface area contributed by atoms with E-state index in [1.54, 1.807) is 13.0 Å². The molecule has 1 heterocycles. The summed E-state index contributed by atoms with van der Waals surface area (Å²) >= 11 is 12.3. The molecule has 0 aliphatic heterocycles. The highest BCUT2D eigenvalue weighted by Crippen LogP contribution is 2.26. The molecule has 1 atom stereocenters. The quantitative estimate of drug-likeness (QED) is 0.482. The molecule has 6 nitrogen and oxygen atoms in total. The molecule has 0 radical (unpaired) electrons. The largest absolute Gasteiger partial charge is 0.424 e. The molecule has 8 heteroatoms. The van der Waals surface area contributed by atoms with Gasteiger partial charge >= 0.3 is 0 Å². The van der Waals surface area contributed by atoms with Gasteiger partial charge in [0.05, 0.1) is 10.0 Å². The van der Waals surface area contributed by atoms with Crippen LogP contribution in [0.15, 0.2) is 46.9 Å². The van der Waals surface area contributed by atoms with Crippen LogP contribution in [0, 0.1) is 0 Å². The zero-order valence-corrected chi connectivity index (χ0v) is 17.9. The van der Waals surface area contributed by atoms with E-state index in [-0.39, 0.29) is 5.91 Å². The van der Waals surface area contributed by atoms with Gasteiger partial charge in [-0.15, -0.1) is 0 Å². The molecule has 154 valence electrons. The number of nitrogens with zero attached hydrogens (tertiary/aromatic N) is 2. The van der Waals surface area contributed by atoms with Crippen LogP contribution in [-0.4, -0.2) is 42.0 Å². The fourth-order valence-corrected chi connectivity index (χ4v) is 3.32. The minimum absolute atomic E-state index is 0.104. The first-order valence-corrected chi connectivity index (χ1v) is 10.2.